The van der Waals surface area contributed by atoms with Crippen LogP contribution in [0.5, 0.6) is 0 Å². The van der Waals surface area contributed by atoms with E-state index >= 15 is 0 Å². The molecule has 0 radical (unpaired) electrons. The molecule has 0 aromatic heterocycles. The van der Waals surface area contributed by atoms with Gasteiger partial charge in [-0.1, -0.05) is 20.8 Å². The Kier molecular flexibility index (Phi) is 3.80. The van der Waals surface area contributed by atoms with Gasteiger partial charge in [-0.25, -0.2) is 0 Å². The molecule has 3 heteroatoms. The Morgan fingerprint density at radius 1 is 1.33 bits per heavy atom. The number of nitrogens with two attached hydrogens (primary N) is 1. The monoisotopic (exact) mass is 214 g/mol. The Morgan fingerprint density at radius 3 is 2.13 bits per heavy atom. The van der Waals surface area contributed by atoms with E-state index in [1.165, 1.54) is 0 Å². The second-order valence-corrected chi connectivity index (χ2v) is 6.15. The number of hydrogen-bond acceptors (Lipinski definition) is 3. The van der Waals surface area contributed by atoms with Crippen LogP contribution in [0.15, 0.2) is 0 Å². The third-order valence-corrected chi connectivity index (χ3v) is 3.54. The molecule has 3 nitrogen and oxygen atoms in total. The van der Waals surface area contributed by atoms with Crippen molar-refractivity contribution in [2.75, 3.05) is 19.6 Å². The van der Waals surface area contributed by atoms with Crippen LogP contribution in [0, 0.1) is 5.41 Å². The van der Waals surface area contributed by atoms with Crippen molar-refractivity contribution in [2.24, 2.45) is 11.1 Å². The largest absolute Gasteiger partial charge is 0.390 e. The zero-order valence-electron chi connectivity index (χ0n) is 10.6. The van der Waals surface area contributed by atoms with E-state index in [1.807, 2.05) is 6.92 Å². The lowest BCUT2D eigenvalue weighted by atomic mass is 9.83. The van der Waals surface area contributed by atoms with Crippen molar-refractivity contribution in [1.82, 2.24) is 4.90 Å². The first kappa shape index (κ1) is 12.9. The molecule has 3 N–H and O–H groups in total. The highest BCUT2D eigenvalue weighted by atomic mass is 16.3. The number of hydrogen-bond donors (Lipinski definition) is 2. The summed E-state index contributed by atoms with van der Waals surface area (Å²) >= 11 is 0. The van der Waals surface area contributed by atoms with Gasteiger partial charge in [0.25, 0.3) is 0 Å². The van der Waals surface area contributed by atoms with Gasteiger partial charge in [-0.3, -0.25) is 4.90 Å². The molecule has 1 unspecified atom stereocenters. The zero-order valence-corrected chi connectivity index (χ0v) is 10.6. The molecule has 0 spiro atoms. The molecule has 1 aliphatic rings. The average molecular weight is 214 g/mol. The van der Waals surface area contributed by atoms with E-state index in [0.29, 0.717) is 12.6 Å². The molecule has 1 atom stereocenters. The van der Waals surface area contributed by atoms with Crippen LogP contribution in [0.25, 0.3) is 0 Å². The maximum Gasteiger partial charge on any atom is 0.0644 e. The minimum atomic E-state index is -0.465. The predicted molar refractivity (Wildman–Crippen MR) is 63.7 cm³/mol. The van der Waals surface area contributed by atoms with Crippen LogP contribution < -0.4 is 5.73 Å². The minimum absolute atomic E-state index is 0.220. The van der Waals surface area contributed by atoms with E-state index in [2.05, 4.69) is 25.7 Å². The summed E-state index contributed by atoms with van der Waals surface area (Å²) in [4.78, 5) is 2.43. The fraction of sp³-hybridized carbons (Fsp3) is 1.00. The first-order valence-corrected chi connectivity index (χ1v) is 5.93. The van der Waals surface area contributed by atoms with Crippen molar-refractivity contribution < 1.29 is 5.11 Å². The molecule has 0 aromatic carbocycles. The summed E-state index contributed by atoms with van der Waals surface area (Å²) in [5.74, 6) is 0. The smallest absolute Gasteiger partial charge is 0.0644 e. The summed E-state index contributed by atoms with van der Waals surface area (Å²) in [5, 5.41) is 9.89. The Labute approximate surface area is 93.6 Å². The predicted octanol–water partition coefficient (Wildman–Crippen LogP) is 1.21. The minimum Gasteiger partial charge on any atom is -0.390 e. The first-order chi connectivity index (χ1) is 6.76. The van der Waals surface area contributed by atoms with Gasteiger partial charge < -0.3 is 10.8 Å². The number of nitrogens with zero attached hydrogens (tertiary/aromatic N) is 1. The van der Waals surface area contributed by atoms with Crippen molar-refractivity contribution in [3.05, 3.63) is 0 Å². The van der Waals surface area contributed by atoms with E-state index in [1.54, 1.807) is 0 Å². The molecular weight excluding hydrogens is 188 g/mol. The van der Waals surface area contributed by atoms with Gasteiger partial charge in [-0.2, -0.15) is 0 Å². The highest BCUT2D eigenvalue weighted by Gasteiger charge is 2.34. The molecule has 90 valence electrons. The summed E-state index contributed by atoms with van der Waals surface area (Å²) in [5.41, 5.74) is 5.61. The molecule has 1 aliphatic heterocycles. The number of piperidine rings is 1. The number of likely N-dealkylation sites (tertiary alicyclic amines) is 1. The van der Waals surface area contributed by atoms with Crippen LogP contribution >= 0.6 is 0 Å². The summed E-state index contributed by atoms with van der Waals surface area (Å²) in [6.07, 6.45) is 1.72. The molecule has 15 heavy (non-hydrogen) atoms. The van der Waals surface area contributed by atoms with Gasteiger partial charge in [0, 0.05) is 25.7 Å². The summed E-state index contributed by atoms with van der Waals surface area (Å²) in [6.45, 7) is 11.3. The topological polar surface area (TPSA) is 49.5 Å². The van der Waals surface area contributed by atoms with Crippen LogP contribution in [0.4, 0.5) is 0 Å². The van der Waals surface area contributed by atoms with Crippen LogP contribution in [0.1, 0.15) is 40.5 Å². The second-order valence-electron chi connectivity index (χ2n) is 6.15. The third-order valence-electron chi connectivity index (χ3n) is 3.54. The van der Waals surface area contributed by atoms with E-state index < -0.39 is 5.60 Å². The molecule has 0 bridgehead atoms. The van der Waals surface area contributed by atoms with Crippen LogP contribution in [-0.2, 0) is 0 Å². The van der Waals surface area contributed by atoms with E-state index in [-0.39, 0.29) is 5.41 Å². The molecule has 0 amide bonds. The van der Waals surface area contributed by atoms with E-state index in [9.17, 15) is 5.11 Å². The second kappa shape index (κ2) is 4.40. The lowest BCUT2D eigenvalue weighted by Gasteiger charge is -2.44. The fourth-order valence-electron chi connectivity index (χ4n) is 2.37. The Bertz CT molecular complexity index is 198. The van der Waals surface area contributed by atoms with Gasteiger partial charge in [0.05, 0.1) is 5.60 Å². The van der Waals surface area contributed by atoms with Crippen LogP contribution in [0.3, 0.4) is 0 Å². The Balaban J connectivity index is 2.58. The van der Waals surface area contributed by atoms with Gasteiger partial charge in [-0.15, -0.1) is 0 Å². The lowest BCUT2D eigenvalue weighted by molar-refractivity contribution is -0.0301. The molecule has 1 saturated heterocycles. The highest BCUT2D eigenvalue weighted by molar-refractivity contribution is 4.90. The van der Waals surface area contributed by atoms with Gasteiger partial charge in [0.2, 0.25) is 0 Å². The third kappa shape index (κ3) is 3.44. The summed E-state index contributed by atoms with van der Waals surface area (Å²) < 4.78 is 0. The van der Waals surface area contributed by atoms with E-state index in [4.69, 9.17) is 5.73 Å². The lowest BCUT2D eigenvalue weighted by Crippen LogP contribution is -2.54. The van der Waals surface area contributed by atoms with Crippen molar-refractivity contribution in [3.8, 4) is 0 Å². The Hall–Kier alpha value is -0.120. The molecule has 0 aliphatic carbocycles. The van der Waals surface area contributed by atoms with Crippen molar-refractivity contribution in [3.63, 3.8) is 0 Å². The number of rotatable bonds is 2. The van der Waals surface area contributed by atoms with Crippen molar-refractivity contribution in [1.29, 1.82) is 0 Å². The standard InChI is InChI=1S/C12H26N2O/c1-11(2,3)10(9-13)14-7-5-12(4,15)6-8-14/h10,15H,5-9,13H2,1-4H3. The van der Waals surface area contributed by atoms with Gasteiger partial charge in [0.15, 0.2) is 0 Å². The molecule has 1 rings (SSSR count). The molecular formula is C12H26N2O. The Morgan fingerprint density at radius 2 is 1.80 bits per heavy atom. The average Bonchev–Trinajstić information content (AvgIpc) is 2.06. The first-order valence-electron chi connectivity index (χ1n) is 5.93. The maximum absolute atomic E-state index is 9.89. The van der Waals surface area contributed by atoms with E-state index in [0.717, 1.165) is 25.9 Å². The highest BCUT2D eigenvalue weighted by Crippen LogP contribution is 2.29. The molecule has 0 aromatic rings. The number of aliphatic hydroxyl groups is 1. The molecule has 1 fully saturated rings. The van der Waals surface area contributed by atoms with Gasteiger partial charge >= 0.3 is 0 Å². The fourth-order valence-corrected chi connectivity index (χ4v) is 2.37. The summed E-state index contributed by atoms with van der Waals surface area (Å²) in [6, 6.07) is 0.425. The quantitative estimate of drug-likeness (QED) is 0.726. The molecule has 0 saturated carbocycles. The molecule has 1 heterocycles. The van der Waals surface area contributed by atoms with Crippen LogP contribution in [0.2, 0.25) is 0 Å². The zero-order chi connectivity index (χ0) is 11.7. The van der Waals surface area contributed by atoms with Gasteiger partial charge in [-0.05, 0) is 25.2 Å². The van der Waals surface area contributed by atoms with Gasteiger partial charge in [0.1, 0.15) is 0 Å². The normalized spacial score (nSPS) is 25.2. The SMILES string of the molecule is CC1(O)CCN(C(CN)C(C)(C)C)CC1. The van der Waals surface area contributed by atoms with Crippen molar-refractivity contribution in [2.45, 2.75) is 52.2 Å². The summed E-state index contributed by atoms with van der Waals surface area (Å²) in [7, 11) is 0. The maximum atomic E-state index is 9.89. The van der Waals surface area contributed by atoms with Crippen molar-refractivity contribution >= 4 is 0 Å². The van der Waals surface area contributed by atoms with Crippen LogP contribution in [-0.4, -0.2) is 41.3 Å².